The van der Waals surface area contributed by atoms with Crippen LogP contribution in [-0.2, 0) is 0 Å². The maximum Gasteiger partial charge on any atom is 0.0611 e. The predicted molar refractivity (Wildman–Crippen MR) is 66.2 cm³/mol. The van der Waals surface area contributed by atoms with Crippen LogP contribution in [0.1, 0.15) is 40.5 Å². The molecule has 3 nitrogen and oxygen atoms in total. The molecule has 0 amide bonds. The van der Waals surface area contributed by atoms with Gasteiger partial charge in [-0.25, -0.2) is 0 Å². The molecule has 15 heavy (non-hydrogen) atoms. The Morgan fingerprint density at radius 1 is 1.40 bits per heavy atom. The molecule has 0 heterocycles. The number of hydrogen-bond donors (Lipinski definition) is 2. The fourth-order valence-electron chi connectivity index (χ4n) is 2.00. The van der Waals surface area contributed by atoms with Gasteiger partial charge in [0, 0.05) is 11.6 Å². The molecule has 0 saturated carbocycles. The Labute approximate surface area is 94.9 Å². The van der Waals surface area contributed by atoms with Crippen LogP contribution in [0.5, 0.6) is 0 Å². The molecular formula is C12H28N2O. The zero-order valence-corrected chi connectivity index (χ0v) is 11.0. The van der Waals surface area contributed by atoms with Crippen molar-refractivity contribution in [2.24, 2.45) is 0 Å². The normalized spacial score (nSPS) is 17.8. The Balaban J connectivity index is 4.24. The highest BCUT2D eigenvalue weighted by molar-refractivity contribution is 4.85. The standard InChI is InChI=1S/C12H28N2O/c1-6-8-14(7-2)11(3)9-12(4,10-15)13-5/h11,13,15H,6-10H2,1-5H3. The molecule has 0 aromatic heterocycles. The SMILES string of the molecule is CCCN(CC)C(C)CC(C)(CO)NC. The number of hydrogen-bond acceptors (Lipinski definition) is 3. The van der Waals surface area contributed by atoms with Crippen molar-refractivity contribution in [3.05, 3.63) is 0 Å². The molecule has 0 aliphatic carbocycles. The summed E-state index contributed by atoms with van der Waals surface area (Å²) >= 11 is 0. The van der Waals surface area contributed by atoms with E-state index in [2.05, 4.69) is 37.9 Å². The van der Waals surface area contributed by atoms with E-state index >= 15 is 0 Å². The summed E-state index contributed by atoms with van der Waals surface area (Å²) in [4.78, 5) is 2.46. The lowest BCUT2D eigenvalue weighted by Gasteiger charge is -2.35. The van der Waals surface area contributed by atoms with Crippen molar-refractivity contribution in [1.82, 2.24) is 10.2 Å². The van der Waals surface area contributed by atoms with Crippen molar-refractivity contribution in [2.75, 3.05) is 26.7 Å². The van der Waals surface area contributed by atoms with Crippen LogP contribution in [0.3, 0.4) is 0 Å². The number of aliphatic hydroxyl groups excluding tert-OH is 1. The predicted octanol–water partition coefficient (Wildman–Crippen LogP) is 1.47. The van der Waals surface area contributed by atoms with Crippen molar-refractivity contribution in [1.29, 1.82) is 0 Å². The Morgan fingerprint density at radius 3 is 2.33 bits per heavy atom. The van der Waals surface area contributed by atoms with Crippen LogP contribution in [0.2, 0.25) is 0 Å². The monoisotopic (exact) mass is 216 g/mol. The van der Waals surface area contributed by atoms with Crippen molar-refractivity contribution in [3.8, 4) is 0 Å². The Morgan fingerprint density at radius 2 is 2.00 bits per heavy atom. The molecule has 3 heteroatoms. The summed E-state index contributed by atoms with van der Waals surface area (Å²) in [7, 11) is 1.92. The molecule has 0 aromatic rings. The molecule has 2 atom stereocenters. The summed E-state index contributed by atoms with van der Waals surface area (Å²) < 4.78 is 0. The molecule has 92 valence electrons. The zero-order valence-electron chi connectivity index (χ0n) is 11.0. The van der Waals surface area contributed by atoms with Crippen LogP contribution < -0.4 is 5.32 Å². The fourth-order valence-corrected chi connectivity index (χ4v) is 2.00. The first-order valence-electron chi connectivity index (χ1n) is 6.06. The van der Waals surface area contributed by atoms with Gasteiger partial charge in [-0.05, 0) is 46.8 Å². The van der Waals surface area contributed by atoms with Crippen LogP contribution in [0, 0.1) is 0 Å². The van der Waals surface area contributed by atoms with Gasteiger partial charge in [-0.1, -0.05) is 13.8 Å². The number of likely N-dealkylation sites (N-methyl/N-ethyl adjacent to an activating group) is 1. The number of nitrogens with zero attached hydrogens (tertiary/aromatic N) is 1. The zero-order chi connectivity index (χ0) is 11.9. The molecule has 0 spiro atoms. The molecule has 0 aromatic carbocycles. The summed E-state index contributed by atoms with van der Waals surface area (Å²) in [6.07, 6.45) is 2.17. The van der Waals surface area contributed by atoms with E-state index in [0.29, 0.717) is 6.04 Å². The van der Waals surface area contributed by atoms with Gasteiger partial charge in [-0.2, -0.15) is 0 Å². The van der Waals surface area contributed by atoms with Crippen LogP contribution in [0.25, 0.3) is 0 Å². The van der Waals surface area contributed by atoms with E-state index in [1.165, 1.54) is 6.42 Å². The van der Waals surface area contributed by atoms with Gasteiger partial charge in [0.25, 0.3) is 0 Å². The first-order valence-corrected chi connectivity index (χ1v) is 6.06. The van der Waals surface area contributed by atoms with Gasteiger partial charge < -0.3 is 15.3 Å². The van der Waals surface area contributed by atoms with Gasteiger partial charge in [0.1, 0.15) is 0 Å². The van der Waals surface area contributed by atoms with Gasteiger partial charge in [-0.15, -0.1) is 0 Å². The summed E-state index contributed by atoms with van der Waals surface area (Å²) in [5.41, 5.74) is -0.152. The average Bonchev–Trinajstić information content (AvgIpc) is 2.25. The maximum absolute atomic E-state index is 9.34. The lowest BCUT2D eigenvalue weighted by Crippen LogP contribution is -2.49. The first-order chi connectivity index (χ1) is 7.02. The lowest BCUT2D eigenvalue weighted by molar-refractivity contribution is 0.122. The molecule has 2 unspecified atom stereocenters. The quantitative estimate of drug-likeness (QED) is 0.645. The molecule has 0 fully saturated rings. The second kappa shape index (κ2) is 7.20. The van der Waals surface area contributed by atoms with E-state index in [1.54, 1.807) is 0 Å². The maximum atomic E-state index is 9.34. The van der Waals surface area contributed by atoms with E-state index in [4.69, 9.17) is 0 Å². The Hall–Kier alpha value is -0.120. The van der Waals surface area contributed by atoms with Crippen LogP contribution in [0.4, 0.5) is 0 Å². The highest BCUT2D eigenvalue weighted by Gasteiger charge is 2.25. The topological polar surface area (TPSA) is 35.5 Å². The Bertz CT molecular complexity index is 158. The van der Waals surface area contributed by atoms with Crippen molar-refractivity contribution >= 4 is 0 Å². The number of nitrogens with one attached hydrogen (secondary N) is 1. The van der Waals surface area contributed by atoms with E-state index < -0.39 is 0 Å². The molecule has 0 radical (unpaired) electrons. The van der Waals surface area contributed by atoms with E-state index in [1.807, 2.05) is 7.05 Å². The minimum Gasteiger partial charge on any atom is -0.394 e. The molecule has 0 bridgehead atoms. The van der Waals surface area contributed by atoms with Gasteiger partial charge >= 0.3 is 0 Å². The highest BCUT2D eigenvalue weighted by Crippen LogP contribution is 2.15. The molecule has 0 aliphatic rings. The third-order valence-corrected chi connectivity index (χ3v) is 3.24. The fraction of sp³-hybridized carbons (Fsp3) is 1.00. The van der Waals surface area contributed by atoms with Gasteiger partial charge in [0.05, 0.1) is 6.61 Å². The van der Waals surface area contributed by atoms with Crippen molar-refractivity contribution < 1.29 is 5.11 Å². The third-order valence-electron chi connectivity index (χ3n) is 3.24. The summed E-state index contributed by atoms with van der Waals surface area (Å²) in [6.45, 7) is 11.1. The van der Waals surface area contributed by atoms with E-state index in [9.17, 15) is 5.11 Å². The Kier molecular flexibility index (Phi) is 7.14. The summed E-state index contributed by atoms with van der Waals surface area (Å²) in [5, 5.41) is 12.5. The van der Waals surface area contributed by atoms with Crippen LogP contribution in [-0.4, -0.2) is 48.3 Å². The van der Waals surface area contributed by atoms with Gasteiger partial charge in [0.2, 0.25) is 0 Å². The molecule has 0 saturated heterocycles. The van der Waals surface area contributed by atoms with Gasteiger partial charge in [0.15, 0.2) is 0 Å². The molecular weight excluding hydrogens is 188 g/mol. The number of rotatable bonds is 8. The lowest BCUT2D eigenvalue weighted by atomic mass is 9.94. The van der Waals surface area contributed by atoms with E-state index in [-0.39, 0.29) is 12.1 Å². The van der Waals surface area contributed by atoms with E-state index in [0.717, 1.165) is 19.5 Å². The first kappa shape index (κ1) is 14.9. The molecule has 0 rings (SSSR count). The van der Waals surface area contributed by atoms with Crippen molar-refractivity contribution in [3.63, 3.8) is 0 Å². The second-order valence-corrected chi connectivity index (χ2v) is 4.65. The van der Waals surface area contributed by atoms with Crippen LogP contribution in [0.15, 0.2) is 0 Å². The summed E-state index contributed by atoms with van der Waals surface area (Å²) in [5.74, 6) is 0. The molecule has 2 N–H and O–H groups in total. The van der Waals surface area contributed by atoms with Crippen LogP contribution >= 0.6 is 0 Å². The highest BCUT2D eigenvalue weighted by atomic mass is 16.3. The third kappa shape index (κ3) is 4.96. The molecule has 0 aliphatic heterocycles. The number of aliphatic hydroxyl groups is 1. The second-order valence-electron chi connectivity index (χ2n) is 4.65. The largest absolute Gasteiger partial charge is 0.394 e. The minimum atomic E-state index is -0.152. The minimum absolute atomic E-state index is 0.152. The average molecular weight is 216 g/mol. The van der Waals surface area contributed by atoms with Gasteiger partial charge in [-0.3, -0.25) is 0 Å². The van der Waals surface area contributed by atoms with Crippen molar-refractivity contribution in [2.45, 2.75) is 52.1 Å². The smallest absolute Gasteiger partial charge is 0.0611 e. The summed E-state index contributed by atoms with van der Waals surface area (Å²) in [6, 6.07) is 0.513.